The summed E-state index contributed by atoms with van der Waals surface area (Å²) in [6.45, 7) is 3.63. The normalized spacial score (nSPS) is 11.8. The highest BCUT2D eigenvalue weighted by Crippen LogP contribution is 2.14. The summed E-state index contributed by atoms with van der Waals surface area (Å²) < 4.78 is 32.2. The zero-order valence-corrected chi connectivity index (χ0v) is 21.9. The van der Waals surface area contributed by atoms with Gasteiger partial charge in [-0.1, -0.05) is 95.6 Å². The zero-order valence-electron chi connectivity index (χ0n) is 20.4. The summed E-state index contributed by atoms with van der Waals surface area (Å²) >= 11 is 5.46. The molecular formula is C25H46ClNO3S. The lowest BCUT2D eigenvalue weighted by molar-refractivity contribution is -0.870. The lowest BCUT2D eigenvalue weighted by atomic mass is 10.0. The van der Waals surface area contributed by atoms with Gasteiger partial charge >= 0.3 is 0 Å². The van der Waals surface area contributed by atoms with E-state index in [1.54, 1.807) is 0 Å². The molecule has 0 atom stereocenters. The van der Waals surface area contributed by atoms with Crippen LogP contribution < -0.4 is 0 Å². The van der Waals surface area contributed by atoms with Gasteiger partial charge in [-0.2, -0.15) is 0 Å². The number of halogens is 1. The fourth-order valence-corrected chi connectivity index (χ4v) is 3.98. The molecule has 0 heterocycles. The highest BCUT2D eigenvalue weighted by molar-refractivity contribution is 7.85. The molecular weight excluding hydrogens is 430 g/mol. The van der Waals surface area contributed by atoms with Crippen molar-refractivity contribution in [2.24, 2.45) is 0 Å². The van der Waals surface area contributed by atoms with E-state index in [9.17, 15) is 13.0 Å². The van der Waals surface area contributed by atoms with Crippen LogP contribution in [0.1, 0.15) is 96.8 Å². The summed E-state index contributed by atoms with van der Waals surface area (Å²) in [5.41, 5.74) is 0. The first-order valence-corrected chi connectivity index (χ1v) is 13.9. The molecule has 0 aliphatic rings. The molecule has 1 aromatic carbocycles. The van der Waals surface area contributed by atoms with Crippen molar-refractivity contribution in [3.05, 3.63) is 29.3 Å². The quantitative estimate of drug-likeness (QED) is 0.142. The number of rotatable bonds is 16. The van der Waals surface area contributed by atoms with Gasteiger partial charge in [-0.15, -0.1) is 0 Å². The first kappa shape index (κ1) is 30.4. The molecule has 0 unspecified atom stereocenters. The molecule has 1 rings (SSSR count). The molecule has 0 radical (unpaired) electrons. The van der Waals surface area contributed by atoms with Gasteiger partial charge in [0.15, 0.2) is 0 Å². The second-order valence-corrected chi connectivity index (χ2v) is 11.3. The minimum absolute atomic E-state index is 0.262. The van der Waals surface area contributed by atoms with Crippen molar-refractivity contribution in [1.82, 2.24) is 0 Å². The van der Waals surface area contributed by atoms with E-state index in [2.05, 4.69) is 28.1 Å². The van der Waals surface area contributed by atoms with Crippen LogP contribution in [0.5, 0.6) is 0 Å². The smallest absolute Gasteiger partial charge is 0.124 e. The summed E-state index contributed by atoms with van der Waals surface area (Å²) in [6, 6.07) is 5.05. The maximum Gasteiger partial charge on any atom is 0.124 e. The zero-order chi connectivity index (χ0) is 23.6. The molecule has 4 nitrogen and oxygen atoms in total. The third-order valence-corrected chi connectivity index (χ3v) is 6.39. The number of hydrogen-bond donors (Lipinski definition) is 0. The van der Waals surface area contributed by atoms with E-state index in [4.69, 9.17) is 11.6 Å². The predicted octanol–water partition coefficient (Wildman–Crippen LogP) is 7.42. The van der Waals surface area contributed by atoms with Crippen LogP contribution in [0.4, 0.5) is 0 Å². The van der Waals surface area contributed by atoms with Crippen LogP contribution >= 0.6 is 11.6 Å². The van der Waals surface area contributed by atoms with E-state index >= 15 is 0 Å². The lowest BCUT2D eigenvalue weighted by Gasteiger charge is -2.23. The van der Waals surface area contributed by atoms with Crippen molar-refractivity contribution >= 4 is 21.7 Å². The van der Waals surface area contributed by atoms with Gasteiger partial charge in [0.25, 0.3) is 0 Å². The largest absolute Gasteiger partial charge is 0.744 e. The van der Waals surface area contributed by atoms with Crippen LogP contribution in [0.15, 0.2) is 29.2 Å². The van der Waals surface area contributed by atoms with Crippen LogP contribution in [-0.2, 0) is 10.1 Å². The van der Waals surface area contributed by atoms with Crippen LogP contribution in [-0.4, -0.2) is 45.1 Å². The van der Waals surface area contributed by atoms with E-state index in [-0.39, 0.29) is 4.90 Å². The lowest BCUT2D eigenvalue weighted by Crippen LogP contribution is -2.35. The third kappa shape index (κ3) is 21.0. The molecule has 0 N–H and O–H groups in total. The van der Waals surface area contributed by atoms with Gasteiger partial charge in [0.1, 0.15) is 10.1 Å². The monoisotopic (exact) mass is 475 g/mol. The number of unbranched alkanes of at least 4 members (excludes halogenated alkanes) is 13. The molecule has 0 spiro atoms. The SMILES string of the molecule is CCCCCCCCCCCCCCCC[N+](C)(C)C.O=S(=O)([O-])c1ccc(Cl)cc1. The number of benzene rings is 1. The average Bonchev–Trinajstić information content (AvgIpc) is 2.67. The number of quaternary nitrogens is 1. The molecule has 31 heavy (non-hydrogen) atoms. The molecule has 6 heteroatoms. The maximum atomic E-state index is 10.3. The van der Waals surface area contributed by atoms with Crippen molar-refractivity contribution in [1.29, 1.82) is 0 Å². The van der Waals surface area contributed by atoms with Gasteiger partial charge in [-0.25, -0.2) is 8.42 Å². The maximum absolute atomic E-state index is 10.3. The Labute approximate surface area is 197 Å². The minimum atomic E-state index is -4.33. The van der Waals surface area contributed by atoms with Crippen LogP contribution in [0.3, 0.4) is 0 Å². The minimum Gasteiger partial charge on any atom is -0.744 e. The van der Waals surface area contributed by atoms with Crippen molar-refractivity contribution in [3.63, 3.8) is 0 Å². The topological polar surface area (TPSA) is 57.2 Å². The van der Waals surface area contributed by atoms with E-state index in [1.807, 2.05) is 0 Å². The molecule has 0 fully saturated rings. The van der Waals surface area contributed by atoms with Crippen molar-refractivity contribution < 1.29 is 17.5 Å². The van der Waals surface area contributed by atoms with E-state index < -0.39 is 10.1 Å². The van der Waals surface area contributed by atoms with Gasteiger partial charge in [0, 0.05) is 5.02 Å². The Morgan fingerprint density at radius 1 is 0.710 bits per heavy atom. The average molecular weight is 476 g/mol. The van der Waals surface area contributed by atoms with Gasteiger partial charge < -0.3 is 9.04 Å². The third-order valence-electron chi connectivity index (χ3n) is 5.28. The molecule has 1 aromatic rings. The molecule has 0 aliphatic carbocycles. The van der Waals surface area contributed by atoms with Gasteiger partial charge in [-0.3, -0.25) is 0 Å². The Balaban J connectivity index is 0.000000683. The molecule has 0 bridgehead atoms. The molecule has 182 valence electrons. The van der Waals surface area contributed by atoms with Crippen molar-refractivity contribution in [2.75, 3.05) is 27.7 Å². The summed E-state index contributed by atoms with van der Waals surface area (Å²) in [4.78, 5) is -0.262. The first-order chi connectivity index (χ1) is 14.6. The Morgan fingerprint density at radius 3 is 1.39 bits per heavy atom. The summed E-state index contributed by atoms with van der Waals surface area (Å²) in [7, 11) is 2.55. The van der Waals surface area contributed by atoms with Crippen LogP contribution in [0.2, 0.25) is 5.02 Å². The second kappa shape index (κ2) is 17.9. The highest BCUT2D eigenvalue weighted by Gasteiger charge is 2.05. The molecule has 0 saturated carbocycles. The standard InChI is InChI=1S/C19H42N.C6H5ClO3S/c1-5-6-7-8-9-10-11-12-13-14-15-16-17-18-19-20(2,3)4;7-5-1-3-6(4-2-5)11(8,9)10/h5-19H2,1-4H3;1-4H,(H,8,9,10)/q+1;/p-1. The number of hydrogen-bond acceptors (Lipinski definition) is 3. The van der Waals surface area contributed by atoms with Crippen molar-refractivity contribution in [2.45, 2.75) is 102 Å². The predicted molar refractivity (Wildman–Crippen MR) is 133 cm³/mol. The molecule has 0 aromatic heterocycles. The van der Waals surface area contributed by atoms with Gasteiger partial charge in [-0.05, 0) is 37.1 Å². The Morgan fingerprint density at radius 2 is 1.06 bits per heavy atom. The first-order valence-electron chi connectivity index (χ1n) is 12.1. The Kier molecular flexibility index (Phi) is 17.5. The fraction of sp³-hybridized carbons (Fsp3) is 0.760. The molecule has 0 aliphatic heterocycles. The van der Waals surface area contributed by atoms with Crippen LogP contribution in [0.25, 0.3) is 0 Å². The second-order valence-electron chi connectivity index (χ2n) is 9.52. The fourth-order valence-electron chi connectivity index (χ4n) is 3.38. The molecule has 0 saturated heterocycles. The highest BCUT2D eigenvalue weighted by atomic mass is 35.5. The number of nitrogens with zero attached hydrogens (tertiary/aromatic N) is 1. The van der Waals surface area contributed by atoms with Crippen molar-refractivity contribution in [3.8, 4) is 0 Å². The van der Waals surface area contributed by atoms with E-state index in [1.165, 1.54) is 121 Å². The van der Waals surface area contributed by atoms with Gasteiger partial charge in [0.05, 0.1) is 32.6 Å². The van der Waals surface area contributed by atoms with Gasteiger partial charge in [0.2, 0.25) is 0 Å². The van der Waals surface area contributed by atoms with E-state index in [0.717, 1.165) is 4.48 Å². The molecule has 0 amide bonds. The van der Waals surface area contributed by atoms with E-state index in [0.29, 0.717) is 5.02 Å². The summed E-state index contributed by atoms with van der Waals surface area (Å²) in [5.74, 6) is 0. The summed E-state index contributed by atoms with van der Waals surface area (Å²) in [5, 5.41) is 0.400. The van der Waals surface area contributed by atoms with Crippen LogP contribution in [0, 0.1) is 0 Å². The summed E-state index contributed by atoms with van der Waals surface area (Å²) in [6.07, 6.45) is 20.4. The Hall–Kier alpha value is -0.620. The Bertz CT molecular complexity index is 640.